The normalized spacial score (nSPS) is 9.38. The van der Waals surface area contributed by atoms with Crippen LogP contribution in [0.4, 0.5) is 16.2 Å². The zero-order chi connectivity index (χ0) is 9.84. The fourth-order valence-corrected chi connectivity index (χ4v) is 1.04. The van der Waals surface area contributed by atoms with Gasteiger partial charge in [-0.1, -0.05) is 0 Å². The van der Waals surface area contributed by atoms with Crippen LogP contribution in [-0.4, -0.2) is 13.2 Å². The first-order valence-electron chi connectivity index (χ1n) is 3.53. The lowest BCUT2D eigenvalue weighted by Gasteiger charge is -2.04. The van der Waals surface area contributed by atoms with Gasteiger partial charge in [0, 0.05) is 15.8 Å². The van der Waals surface area contributed by atoms with Crippen molar-refractivity contribution in [2.75, 3.05) is 18.2 Å². The van der Waals surface area contributed by atoms with Gasteiger partial charge in [-0.15, -0.1) is 0 Å². The molecule has 0 heterocycles. The molecule has 1 aromatic carbocycles. The molecule has 1 aromatic rings. The molecule has 0 bridgehead atoms. The molecule has 0 atom stereocenters. The maximum absolute atomic E-state index is 10.8. The van der Waals surface area contributed by atoms with E-state index in [4.69, 9.17) is 5.73 Å². The summed E-state index contributed by atoms with van der Waals surface area (Å²) in [5, 5.41) is 2.50. The summed E-state index contributed by atoms with van der Waals surface area (Å²) in [6.45, 7) is 0. The highest BCUT2D eigenvalue weighted by molar-refractivity contribution is 9.10. The van der Waals surface area contributed by atoms with E-state index in [0.717, 1.165) is 4.47 Å². The van der Waals surface area contributed by atoms with Gasteiger partial charge in [0.2, 0.25) is 0 Å². The Kier molecular flexibility index (Phi) is 3.13. The zero-order valence-corrected chi connectivity index (χ0v) is 8.59. The smallest absolute Gasteiger partial charge is 0.411 e. The number of nitrogens with one attached hydrogen (secondary N) is 1. The summed E-state index contributed by atoms with van der Waals surface area (Å²) in [5.74, 6) is 0. The Labute approximate surface area is 84.2 Å². The van der Waals surface area contributed by atoms with E-state index in [2.05, 4.69) is 26.0 Å². The minimum Gasteiger partial charge on any atom is -0.453 e. The van der Waals surface area contributed by atoms with E-state index < -0.39 is 6.09 Å². The number of hydrogen-bond acceptors (Lipinski definition) is 3. The lowest BCUT2D eigenvalue weighted by atomic mass is 10.3. The van der Waals surface area contributed by atoms with Crippen molar-refractivity contribution in [3.8, 4) is 0 Å². The molecule has 1 rings (SSSR count). The fourth-order valence-electron chi connectivity index (χ4n) is 0.790. The molecular formula is C8H9BrN2O2. The summed E-state index contributed by atoms with van der Waals surface area (Å²) in [6, 6.07) is 5.11. The van der Waals surface area contributed by atoms with Gasteiger partial charge < -0.3 is 10.5 Å². The number of halogens is 1. The van der Waals surface area contributed by atoms with Crippen molar-refractivity contribution in [3.05, 3.63) is 22.7 Å². The van der Waals surface area contributed by atoms with Crippen LogP contribution in [-0.2, 0) is 4.74 Å². The first kappa shape index (κ1) is 9.85. The Morgan fingerprint density at radius 2 is 2.31 bits per heavy atom. The van der Waals surface area contributed by atoms with Crippen LogP contribution in [0, 0.1) is 0 Å². The summed E-state index contributed by atoms with van der Waals surface area (Å²) < 4.78 is 5.22. The van der Waals surface area contributed by atoms with Crippen LogP contribution in [0.25, 0.3) is 0 Å². The number of rotatable bonds is 1. The molecule has 0 aromatic heterocycles. The van der Waals surface area contributed by atoms with Crippen molar-refractivity contribution in [3.63, 3.8) is 0 Å². The van der Waals surface area contributed by atoms with Gasteiger partial charge in [0.25, 0.3) is 0 Å². The van der Waals surface area contributed by atoms with Crippen LogP contribution in [0.3, 0.4) is 0 Å². The van der Waals surface area contributed by atoms with Crippen molar-refractivity contribution >= 4 is 33.4 Å². The Balaban J connectivity index is 2.79. The Hall–Kier alpha value is -1.23. The van der Waals surface area contributed by atoms with Crippen molar-refractivity contribution in [1.29, 1.82) is 0 Å². The highest BCUT2D eigenvalue weighted by atomic mass is 79.9. The predicted molar refractivity (Wildman–Crippen MR) is 54.6 cm³/mol. The molecule has 0 saturated heterocycles. The van der Waals surface area contributed by atoms with Gasteiger partial charge in [-0.05, 0) is 34.1 Å². The molecule has 0 fully saturated rings. The quantitative estimate of drug-likeness (QED) is 0.745. The van der Waals surface area contributed by atoms with Gasteiger partial charge in [0.15, 0.2) is 0 Å². The Morgan fingerprint density at radius 3 is 2.85 bits per heavy atom. The topological polar surface area (TPSA) is 64.3 Å². The van der Waals surface area contributed by atoms with E-state index >= 15 is 0 Å². The second-order valence-electron chi connectivity index (χ2n) is 2.35. The molecule has 0 unspecified atom stereocenters. The van der Waals surface area contributed by atoms with E-state index in [9.17, 15) is 4.79 Å². The number of methoxy groups -OCH3 is 1. The average molecular weight is 245 g/mol. The van der Waals surface area contributed by atoms with E-state index in [0.29, 0.717) is 11.4 Å². The number of carbonyl (C=O) groups excluding carboxylic acids is 1. The maximum Gasteiger partial charge on any atom is 0.411 e. The van der Waals surface area contributed by atoms with E-state index in [1.165, 1.54) is 7.11 Å². The SMILES string of the molecule is COC(=O)Nc1ccc(Br)c(N)c1. The number of hydrogen-bond donors (Lipinski definition) is 2. The molecule has 0 spiro atoms. The molecule has 0 aliphatic rings. The molecule has 0 radical (unpaired) electrons. The molecule has 1 amide bonds. The predicted octanol–water partition coefficient (Wildman–Crippen LogP) is 2.21. The molecule has 0 aliphatic heterocycles. The molecule has 4 nitrogen and oxygen atoms in total. The first-order chi connectivity index (χ1) is 6.13. The van der Waals surface area contributed by atoms with Gasteiger partial charge in [-0.3, -0.25) is 5.32 Å². The largest absolute Gasteiger partial charge is 0.453 e. The van der Waals surface area contributed by atoms with E-state index in [1.807, 2.05) is 0 Å². The maximum atomic E-state index is 10.8. The highest BCUT2D eigenvalue weighted by Crippen LogP contribution is 2.22. The van der Waals surface area contributed by atoms with Crippen LogP contribution in [0.1, 0.15) is 0 Å². The minimum absolute atomic E-state index is 0.512. The Morgan fingerprint density at radius 1 is 1.62 bits per heavy atom. The summed E-state index contributed by atoms with van der Waals surface area (Å²) >= 11 is 3.24. The molecule has 0 aliphatic carbocycles. The zero-order valence-electron chi connectivity index (χ0n) is 7.00. The van der Waals surface area contributed by atoms with Crippen LogP contribution >= 0.6 is 15.9 Å². The lowest BCUT2D eigenvalue weighted by Crippen LogP contribution is -2.10. The van der Waals surface area contributed by atoms with Gasteiger partial charge >= 0.3 is 6.09 Å². The van der Waals surface area contributed by atoms with Crippen molar-refractivity contribution in [2.24, 2.45) is 0 Å². The second kappa shape index (κ2) is 4.13. The highest BCUT2D eigenvalue weighted by Gasteiger charge is 2.01. The summed E-state index contributed by atoms with van der Waals surface area (Å²) in [4.78, 5) is 10.8. The van der Waals surface area contributed by atoms with Gasteiger partial charge in [0.05, 0.1) is 7.11 Å². The number of carbonyl (C=O) groups is 1. The van der Waals surface area contributed by atoms with E-state index in [-0.39, 0.29) is 0 Å². The number of nitrogens with two attached hydrogens (primary N) is 1. The van der Waals surface area contributed by atoms with Gasteiger partial charge in [0.1, 0.15) is 0 Å². The number of nitrogen functional groups attached to an aromatic ring is 1. The number of ether oxygens (including phenoxy) is 1. The van der Waals surface area contributed by atoms with Gasteiger partial charge in [-0.2, -0.15) is 0 Å². The third kappa shape index (κ3) is 2.62. The van der Waals surface area contributed by atoms with Gasteiger partial charge in [-0.25, -0.2) is 4.79 Å². The second-order valence-corrected chi connectivity index (χ2v) is 3.21. The monoisotopic (exact) mass is 244 g/mol. The molecular weight excluding hydrogens is 236 g/mol. The van der Waals surface area contributed by atoms with Crippen LogP contribution in [0.5, 0.6) is 0 Å². The molecule has 0 saturated carbocycles. The third-order valence-corrected chi connectivity index (χ3v) is 2.15. The van der Waals surface area contributed by atoms with Crippen LogP contribution in [0.2, 0.25) is 0 Å². The lowest BCUT2D eigenvalue weighted by molar-refractivity contribution is 0.187. The van der Waals surface area contributed by atoms with Crippen LogP contribution in [0.15, 0.2) is 22.7 Å². The fraction of sp³-hybridized carbons (Fsp3) is 0.125. The summed E-state index contributed by atoms with van der Waals surface area (Å²) in [6.07, 6.45) is -0.512. The molecule has 13 heavy (non-hydrogen) atoms. The molecule has 5 heteroatoms. The number of amides is 1. The molecule has 3 N–H and O–H groups in total. The average Bonchev–Trinajstić information content (AvgIpc) is 2.11. The third-order valence-electron chi connectivity index (χ3n) is 1.43. The first-order valence-corrected chi connectivity index (χ1v) is 4.33. The molecule has 70 valence electrons. The minimum atomic E-state index is -0.512. The number of anilines is 2. The van der Waals surface area contributed by atoms with Crippen molar-refractivity contribution in [2.45, 2.75) is 0 Å². The summed E-state index contributed by atoms with van der Waals surface area (Å²) in [7, 11) is 1.30. The van der Waals surface area contributed by atoms with E-state index in [1.54, 1.807) is 18.2 Å². The number of benzene rings is 1. The standard InChI is InChI=1S/C8H9BrN2O2/c1-13-8(12)11-5-2-3-6(9)7(10)4-5/h2-4H,10H2,1H3,(H,11,12). The van der Waals surface area contributed by atoms with Crippen LogP contribution < -0.4 is 11.1 Å². The van der Waals surface area contributed by atoms with Crippen molar-refractivity contribution < 1.29 is 9.53 Å². The Bertz CT molecular complexity index is 328. The summed E-state index contributed by atoms with van der Waals surface area (Å²) in [5.41, 5.74) is 6.77. The van der Waals surface area contributed by atoms with Crippen molar-refractivity contribution in [1.82, 2.24) is 0 Å².